The van der Waals surface area contributed by atoms with E-state index in [9.17, 15) is 14.4 Å². The van der Waals surface area contributed by atoms with Crippen molar-refractivity contribution in [2.75, 3.05) is 11.5 Å². The van der Waals surface area contributed by atoms with E-state index in [1.807, 2.05) is 13.8 Å². The molecule has 0 aliphatic carbocycles. The molecule has 0 saturated heterocycles. The minimum absolute atomic E-state index is 0.0761. The van der Waals surface area contributed by atoms with Gasteiger partial charge in [-0.2, -0.15) is 11.8 Å². The zero-order valence-corrected chi connectivity index (χ0v) is 13.9. The van der Waals surface area contributed by atoms with Gasteiger partial charge in [-0.05, 0) is 11.0 Å². The van der Waals surface area contributed by atoms with Gasteiger partial charge in [-0.15, -0.1) is 0 Å². The molecule has 0 aliphatic heterocycles. The second-order valence-electron chi connectivity index (χ2n) is 4.68. The van der Waals surface area contributed by atoms with Crippen LogP contribution in [0.5, 0.6) is 0 Å². The van der Waals surface area contributed by atoms with Crippen LogP contribution < -0.4 is 0 Å². The third-order valence-electron chi connectivity index (χ3n) is 2.30. The predicted molar refractivity (Wildman–Crippen MR) is 82.0 cm³/mol. The van der Waals surface area contributed by atoms with Crippen LogP contribution in [0.25, 0.3) is 0 Å². The Morgan fingerprint density at radius 2 is 1.80 bits per heavy atom. The van der Waals surface area contributed by atoms with E-state index in [1.165, 1.54) is 6.92 Å². The van der Waals surface area contributed by atoms with Crippen LogP contribution in [-0.2, 0) is 19.1 Å². The van der Waals surface area contributed by atoms with Crippen molar-refractivity contribution < 1.29 is 24.2 Å². The molecule has 0 aromatic rings. The first-order valence-electron chi connectivity index (χ1n) is 6.42. The lowest BCUT2D eigenvalue weighted by Crippen LogP contribution is -2.31. The fourth-order valence-corrected chi connectivity index (χ4v) is 2.65. The maximum absolute atomic E-state index is 11.8. The van der Waals surface area contributed by atoms with Crippen LogP contribution in [0.2, 0.25) is 0 Å². The summed E-state index contributed by atoms with van der Waals surface area (Å²) in [4.78, 5) is 33.6. The van der Waals surface area contributed by atoms with Gasteiger partial charge in [0, 0.05) is 19.1 Å². The van der Waals surface area contributed by atoms with Crippen molar-refractivity contribution in [1.29, 1.82) is 0 Å². The van der Waals surface area contributed by atoms with E-state index >= 15 is 0 Å². The van der Waals surface area contributed by atoms with Gasteiger partial charge in [0.25, 0.3) is 0 Å². The Hall–Kier alpha value is -0.690. The molecule has 0 amide bonds. The van der Waals surface area contributed by atoms with Crippen LogP contribution >= 0.6 is 23.5 Å². The summed E-state index contributed by atoms with van der Waals surface area (Å²) in [5, 5.41) is 9.37. The number of rotatable bonds is 9. The van der Waals surface area contributed by atoms with Crippen molar-refractivity contribution in [3.8, 4) is 0 Å². The average molecular weight is 322 g/mol. The molecule has 0 aliphatic rings. The van der Waals surface area contributed by atoms with Crippen molar-refractivity contribution in [2.24, 2.45) is 5.92 Å². The fraction of sp³-hybridized carbons (Fsp3) is 0.769. The van der Waals surface area contributed by atoms with Crippen molar-refractivity contribution in [2.45, 2.75) is 45.5 Å². The number of ether oxygens (including phenoxy) is 1. The highest BCUT2D eigenvalue weighted by Gasteiger charge is 2.25. The Kier molecular flexibility index (Phi) is 9.75. The molecule has 0 bridgehead atoms. The molecule has 7 heteroatoms. The number of carboxylic acids is 1. The second-order valence-corrected chi connectivity index (χ2v) is 7.56. The van der Waals surface area contributed by atoms with Gasteiger partial charge in [0.05, 0.1) is 5.92 Å². The highest BCUT2D eigenvalue weighted by molar-refractivity contribution is 8.13. The molecule has 0 rings (SSSR count). The van der Waals surface area contributed by atoms with Crippen LogP contribution in [0, 0.1) is 5.92 Å². The van der Waals surface area contributed by atoms with Gasteiger partial charge in [-0.3, -0.25) is 9.59 Å². The first-order valence-corrected chi connectivity index (χ1v) is 8.45. The summed E-state index contributed by atoms with van der Waals surface area (Å²) < 4.78 is 5.01. The van der Waals surface area contributed by atoms with Crippen molar-refractivity contribution in [3.63, 3.8) is 0 Å². The van der Waals surface area contributed by atoms with Crippen molar-refractivity contribution >= 4 is 40.6 Å². The minimum atomic E-state index is -1.13. The number of aliphatic carboxylic acids is 1. The lowest BCUT2D eigenvalue weighted by molar-refractivity contribution is -0.166. The smallest absolute Gasteiger partial charge is 0.345 e. The number of carbonyl (C=O) groups is 3. The Morgan fingerprint density at radius 1 is 1.20 bits per heavy atom. The molecule has 0 aromatic heterocycles. The van der Waals surface area contributed by atoms with Crippen LogP contribution in [0.15, 0.2) is 0 Å². The number of esters is 1. The Labute approximate surface area is 128 Å². The average Bonchev–Trinajstić information content (AvgIpc) is 2.33. The van der Waals surface area contributed by atoms with E-state index in [-0.39, 0.29) is 11.5 Å². The van der Waals surface area contributed by atoms with Gasteiger partial charge in [-0.25, -0.2) is 4.79 Å². The zero-order chi connectivity index (χ0) is 15.7. The first-order chi connectivity index (χ1) is 9.23. The molecule has 0 aromatic carbocycles. The number of hydrogen-bond acceptors (Lipinski definition) is 6. The molecule has 2 atom stereocenters. The van der Waals surface area contributed by atoms with E-state index in [2.05, 4.69) is 0 Å². The highest BCUT2D eigenvalue weighted by atomic mass is 32.2. The van der Waals surface area contributed by atoms with Crippen molar-refractivity contribution in [3.05, 3.63) is 0 Å². The van der Waals surface area contributed by atoms with E-state index in [0.717, 1.165) is 11.8 Å². The fourth-order valence-electron chi connectivity index (χ4n) is 1.21. The molecule has 0 heterocycles. The molecule has 20 heavy (non-hydrogen) atoms. The molecule has 116 valence electrons. The Balaban J connectivity index is 4.25. The zero-order valence-electron chi connectivity index (χ0n) is 12.3. The number of carbonyl (C=O) groups excluding carboxylic acids is 2. The van der Waals surface area contributed by atoms with Crippen LogP contribution in [0.3, 0.4) is 0 Å². The largest absolute Gasteiger partial charge is 0.479 e. The summed E-state index contributed by atoms with van der Waals surface area (Å²) in [6.07, 6.45) is -0.824. The molecule has 0 fully saturated rings. The summed E-state index contributed by atoms with van der Waals surface area (Å²) in [5.41, 5.74) is 0. The van der Waals surface area contributed by atoms with Gasteiger partial charge in [0.1, 0.15) is 0 Å². The third-order valence-corrected chi connectivity index (χ3v) is 4.52. The minimum Gasteiger partial charge on any atom is -0.479 e. The van der Waals surface area contributed by atoms with E-state index in [1.54, 1.807) is 18.7 Å². The lowest BCUT2D eigenvalue weighted by atomic mass is 10.2. The molecule has 1 N–H and O–H groups in total. The number of hydrogen-bond donors (Lipinski definition) is 1. The van der Waals surface area contributed by atoms with Gasteiger partial charge >= 0.3 is 11.9 Å². The summed E-state index contributed by atoms with van der Waals surface area (Å²) in [7, 11) is 0. The number of thioether (sulfide) groups is 2. The van der Waals surface area contributed by atoms with E-state index in [0.29, 0.717) is 16.8 Å². The molecule has 0 radical (unpaired) electrons. The Bertz CT molecular complexity index is 344. The van der Waals surface area contributed by atoms with Crippen LogP contribution in [-0.4, -0.2) is 45.0 Å². The molecular formula is C13H22O5S2. The van der Waals surface area contributed by atoms with Crippen molar-refractivity contribution in [1.82, 2.24) is 0 Å². The van der Waals surface area contributed by atoms with Crippen LogP contribution in [0.4, 0.5) is 0 Å². The standard InChI is InChI=1S/C13H22O5S2/c1-8(2)19-6-5-11(12(15)16)18-13(17)9(3)7-20-10(4)14/h8-9,11H,5-7H2,1-4H3,(H,15,16)/t9-,11?/m1/s1. The maximum Gasteiger partial charge on any atom is 0.345 e. The summed E-state index contributed by atoms with van der Waals surface area (Å²) in [5.74, 6) is -1.27. The van der Waals surface area contributed by atoms with E-state index < -0.39 is 24.0 Å². The summed E-state index contributed by atoms with van der Waals surface area (Å²) in [6, 6.07) is 0. The lowest BCUT2D eigenvalue weighted by Gasteiger charge is -2.17. The van der Waals surface area contributed by atoms with E-state index in [4.69, 9.17) is 9.84 Å². The predicted octanol–water partition coefficient (Wildman–Crippen LogP) is 2.43. The summed E-state index contributed by atoms with van der Waals surface area (Å²) in [6.45, 7) is 7.09. The summed E-state index contributed by atoms with van der Waals surface area (Å²) >= 11 is 2.66. The number of carboxylic acid groups (broad SMARTS) is 1. The molecule has 5 nitrogen and oxygen atoms in total. The maximum atomic E-state index is 11.8. The third kappa shape index (κ3) is 9.25. The second kappa shape index (κ2) is 10.1. The first kappa shape index (κ1) is 19.3. The van der Waals surface area contributed by atoms with Gasteiger partial charge in [-0.1, -0.05) is 32.5 Å². The molecule has 0 spiro atoms. The highest BCUT2D eigenvalue weighted by Crippen LogP contribution is 2.16. The van der Waals surface area contributed by atoms with Crippen LogP contribution in [0.1, 0.15) is 34.1 Å². The molecule has 0 saturated carbocycles. The van der Waals surface area contributed by atoms with Gasteiger partial charge in [0.15, 0.2) is 11.2 Å². The SMILES string of the molecule is CC(=O)SC[C@@H](C)C(=O)OC(CCSC(C)C)C(=O)O. The van der Waals surface area contributed by atoms with Gasteiger partial charge < -0.3 is 9.84 Å². The monoisotopic (exact) mass is 322 g/mol. The van der Waals surface area contributed by atoms with Gasteiger partial charge in [0.2, 0.25) is 0 Å². The topological polar surface area (TPSA) is 80.7 Å². The quantitative estimate of drug-likeness (QED) is 0.653. The Morgan fingerprint density at radius 3 is 2.25 bits per heavy atom. The molecular weight excluding hydrogens is 300 g/mol. The molecule has 1 unspecified atom stereocenters. The normalized spacial score (nSPS) is 13.8.